The minimum absolute atomic E-state index is 0.00361. The van der Waals surface area contributed by atoms with E-state index in [9.17, 15) is 35.9 Å². The van der Waals surface area contributed by atoms with E-state index >= 15 is 0 Å². The number of carbonyl (C=O) groups is 2. The Hall–Kier alpha value is -5.15. The van der Waals surface area contributed by atoms with Crippen LogP contribution < -0.4 is 24.6 Å². The molecule has 0 saturated heterocycles. The number of carbonyl (C=O) groups excluding carboxylic acids is 1. The number of hydrogen-bond acceptors (Lipinski definition) is 7. The van der Waals surface area contributed by atoms with Gasteiger partial charge in [-0.25, -0.2) is 4.79 Å². The van der Waals surface area contributed by atoms with Gasteiger partial charge in [0.15, 0.2) is 6.10 Å². The van der Waals surface area contributed by atoms with Crippen LogP contribution in [-0.4, -0.2) is 66.6 Å². The van der Waals surface area contributed by atoms with Crippen molar-refractivity contribution in [1.29, 1.82) is 0 Å². The van der Waals surface area contributed by atoms with E-state index in [1.165, 1.54) is 18.0 Å². The average Bonchev–Trinajstić information content (AvgIpc) is 3.48. The number of fused-ring (bicyclic) bond motifs is 3. The Bertz CT molecular complexity index is 1790. The second kappa shape index (κ2) is 12.6. The number of aliphatic carboxylic acids is 1. The Kier molecular flexibility index (Phi) is 8.88. The second-order valence-electron chi connectivity index (χ2n) is 11.1. The minimum Gasteiger partial charge on any atom is -0.478 e. The number of likely N-dealkylation sites (N-methyl/N-ethyl adjacent to an activating group) is 2. The third kappa shape index (κ3) is 7.31. The lowest BCUT2D eigenvalue weighted by Gasteiger charge is -2.34. The molecule has 0 fully saturated rings. The minimum atomic E-state index is -4.43. The highest BCUT2D eigenvalue weighted by Crippen LogP contribution is 2.40. The van der Waals surface area contributed by atoms with Crippen LogP contribution in [-0.2, 0) is 21.9 Å². The monoisotopic (exact) mass is 665 g/mol. The fourth-order valence-electron chi connectivity index (χ4n) is 5.14. The molecule has 1 amide bonds. The molecule has 3 atom stereocenters. The first-order valence-corrected chi connectivity index (χ1v) is 14.2. The van der Waals surface area contributed by atoms with E-state index in [-0.39, 0.29) is 42.2 Å². The van der Waals surface area contributed by atoms with Crippen molar-refractivity contribution in [3.05, 3.63) is 77.5 Å². The Labute approximate surface area is 263 Å². The number of carboxylic acid groups (broad SMARTS) is 1. The lowest BCUT2D eigenvalue weighted by atomic mass is 10.1. The number of carboxylic acids is 1. The van der Waals surface area contributed by atoms with Gasteiger partial charge in [-0.3, -0.25) is 9.89 Å². The molecule has 0 saturated carbocycles. The van der Waals surface area contributed by atoms with Crippen molar-refractivity contribution in [1.82, 2.24) is 15.5 Å². The van der Waals surface area contributed by atoms with Crippen molar-refractivity contribution in [3.8, 4) is 11.5 Å². The maximum absolute atomic E-state index is 12.9. The Morgan fingerprint density at radius 3 is 1.94 bits per heavy atom. The summed E-state index contributed by atoms with van der Waals surface area (Å²) < 4.78 is 87.2. The van der Waals surface area contributed by atoms with Gasteiger partial charge in [-0.1, -0.05) is 6.07 Å². The summed E-state index contributed by atoms with van der Waals surface area (Å²) in [5, 5.41) is 19.5. The highest BCUT2D eigenvalue weighted by molar-refractivity contribution is 5.84. The molecule has 3 aromatic carbocycles. The first kappa shape index (κ1) is 33.2. The van der Waals surface area contributed by atoms with Gasteiger partial charge in [0.25, 0.3) is 5.91 Å². The SMILES string of the molecule is CC(NC(=O)C1CN(C)c2cc(C(F)(F)F)ccc2O1)c1ccc2[nH]ncc2c1.CN1CC(C(=O)O)Oc2ccc(C(F)(F)F)cc21. The molecule has 10 nitrogen and oxygen atoms in total. The number of nitrogens with one attached hydrogen (secondary N) is 2. The molecular formula is C31H29F6N5O5. The van der Waals surface area contributed by atoms with Crippen molar-refractivity contribution in [3.63, 3.8) is 0 Å². The average molecular weight is 666 g/mol. The van der Waals surface area contributed by atoms with Gasteiger partial charge in [-0.15, -0.1) is 0 Å². The highest BCUT2D eigenvalue weighted by Gasteiger charge is 2.36. The van der Waals surface area contributed by atoms with Crippen LogP contribution >= 0.6 is 0 Å². The number of aromatic nitrogens is 2. The predicted octanol–water partition coefficient (Wildman–Crippen LogP) is 5.64. The maximum Gasteiger partial charge on any atom is 0.416 e. The third-order valence-corrected chi connectivity index (χ3v) is 7.70. The summed E-state index contributed by atoms with van der Waals surface area (Å²) in [6.45, 7) is 2.01. The number of ether oxygens (including phenoxy) is 2. The summed E-state index contributed by atoms with van der Waals surface area (Å²) in [6, 6.07) is 11.7. The molecule has 16 heteroatoms. The van der Waals surface area contributed by atoms with E-state index in [4.69, 9.17) is 14.6 Å². The zero-order chi connectivity index (χ0) is 34.3. The van der Waals surface area contributed by atoms with E-state index in [1.54, 1.807) is 18.1 Å². The summed E-state index contributed by atoms with van der Waals surface area (Å²) in [7, 11) is 3.16. The molecule has 250 valence electrons. The molecular weight excluding hydrogens is 636 g/mol. The van der Waals surface area contributed by atoms with Crippen LogP contribution in [0.3, 0.4) is 0 Å². The number of anilines is 2. The van der Waals surface area contributed by atoms with Gasteiger partial charge in [0.1, 0.15) is 11.5 Å². The summed E-state index contributed by atoms with van der Waals surface area (Å²) in [4.78, 5) is 26.6. The molecule has 0 aliphatic carbocycles. The molecule has 6 rings (SSSR count). The van der Waals surface area contributed by atoms with Crippen molar-refractivity contribution in [2.75, 3.05) is 37.0 Å². The van der Waals surface area contributed by atoms with E-state index in [2.05, 4.69) is 15.5 Å². The van der Waals surface area contributed by atoms with Crippen molar-refractivity contribution < 1.29 is 50.5 Å². The first-order chi connectivity index (χ1) is 22.0. The number of halogens is 6. The molecule has 2 aliphatic heterocycles. The van der Waals surface area contributed by atoms with E-state index in [1.807, 2.05) is 25.1 Å². The Morgan fingerprint density at radius 1 is 0.872 bits per heavy atom. The normalized spacial score (nSPS) is 18.1. The molecule has 0 radical (unpaired) electrons. The van der Waals surface area contributed by atoms with Gasteiger partial charge in [-0.05, 0) is 61.0 Å². The van der Waals surface area contributed by atoms with Crippen molar-refractivity contribution in [2.24, 2.45) is 0 Å². The van der Waals surface area contributed by atoms with Gasteiger partial charge < -0.3 is 29.7 Å². The summed E-state index contributed by atoms with van der Waals surface area (Å²) in [5.41, 5.74) is 0.818. The van der Waals surface area contributed by atoms with Gasteiger partial charge in [0.2, 0.25) is 6.10 Å². The van der Waals surface area contributed by atoms with Gasteiger partial charge in [-0.2, -0.15) is 31.4 Å². The van der Waals surface area contributed by atoms with Crippen LogP contribution in [0.4, 0.5) is 37.7 Å². The van der Waals surface area contributed by atoms with Crippen LogP contribution in [0.5, 0.6) is 11.5 Å². The molecule has 3 N–H and O–H groups in total. The molecule has 0 bridgehead atoms. The lowest BCUT2D eigenvalue weighted by Crippen LogP contribution is -2.48. The molecule has 2 aliphatic rings. The van der Waals surface area contributed by atoms with Crippen molar-refractivity contribution in [2.45, 2.75) is 37.5 Å². The van der Waals surface area contributed by atoms with Gasteiger partial charge in [0.05, 0.1) is 53.3 Å². The Balaban J connectivity index is 0.000000207. The van der Waals surface area contributed by atoms with Crippen LogP contribution in [0.2, 0.25) is 0 Å². The van der Waals surface area contributed by atoms with Gasteiger partial charge in [0, 0.05) is 19.5 Å². The summed E-state index contributed by atoms with van der Waals surface area (Å²) >= 11 is 0. The van der Waals surface area contributed by atoms with Crippen LogP contribution in [0.25, 0.3) is 10.9 Å². The number of H-pyrrole nitrogens is 1. The zero-order valence-corrected chi connectivity index (χ0v) is 25.1. The standard InChI is InChI=1S/C20H19F3N4O2.C11H10F3NO3/c1-11(12-3-5-15-13(7-12)9-24-26-15)25-19(28)18-10-27(2)16-8-14(20(21,22)23)4-6-17(16)29-18;1-15-5-9(10(16)17)18-8-3-2-6(4-7(8)15)11(12,13)14/h3-9,11,18H,10H2,1-2H3,(H,24,26)(H,25,28);2-4,9H,5H2,1H3,(H,16,17). The van der Waals surface area contributed by atoms with E-state index in [0.717, 1.165) is 46.8 Å². The number of hydrogen-bond donors (Lipinski definition) is 3. The lowest BCUT2D eigenvalue weighted by molar-refractivity contribution is -0.145. The number of benzene rings is 3. The van der Waals surface area contributed by atoms with Crippen LogP contribution in [0.1, 0.15) is 29.7 Å². The molecule has 3 heterocycles. The molecule has 3 unspecified atom stereocenters. The number of amides is 1. The molecule has 1 aromatic heterocycles. The number of alkyl halides is 6. The topological polar surface area (TPSA) is 120 Å². The predicted molar refractivity (Wildman–Crippen MR) is 159 cm³/mol. The number of aromatic amines is 1. The fraction of sp³-hybridized carbons (Fsp3) is 0.323. The Morgan fingerprint density at radius 2 is 1.40 bits per heavy atom. The second-order valence-corrected chi connectivity index (χ2v) is 11.1. The van der Waals surface area contributed by atoms with E-state index in [0.29, 0.717) is 5.69 Å². The number of nitrogens with zero attached hydrogens (tertiary/aromatic N) is 3. The zero-order valence-electron chi connectivity index (χ0n) is 25.1. The summed E-state index contributed by atoms with van der Waals surface area (Å²) in [6.07, 6.45) is -9.06. The van der Waals surface area contributed by atoms with Gasteiger partial charge >= 0.3 is 18.3 Å². The quantitative estimate of drug-likeness (QED) is 0.240. The smallest absolute Gasteiger partial charge is 0.416 e. The largest absolute Gasteiger partial charge is 0.478 e. The molecule has 0 spiro atoms. The fourth-order valence-corrected chi connectivity index (χ4v) is 5.14. The van der Waals surface area contributed by atoms with Crippen molar-refractivity contribution >= 4 is 34.2 Å². The summed E-state index contributed by atoms with van der Waals surface area (Å²) in [5.74, 6) is -1.09. The molecule has 47 heavy (non-hydrogen) atoms. The highest BCUT2D eigenvalue weighted by atomic mass is 19.4. The van der Waals surface area contributed by atoms with Crippen LogP contribution in [0.15, 0.2) is 60.8 Å². The molecule has 4 aromatic rings. The maximum atomic E-state index is 12.9. The third-order valence-electron chi connectivity index (χ3n) is 7.70. The van der Waals surface area contributed by atoms with E-state index < -0.39 is 41.7 Å². The van der Waals surface area contributed by atoms with Crippen LogP contribution in [0, 0.1) is 0 Å². The first-order valence-electron chi connectivity index (χ1n) is 14.2. The number of rotatable bonds is 4.